The number of nitrogens with zero attached hydrogens (tertiary/aromatic N) is 6. The number of fused-ring (bicyclic) bond motifs is 15. The van der Waals surface area contributed by atoms with Gasteiger partial charge in [0, 0.05) is 93.5 Å². The summed E-state index contributed by atoms with van der Waals surface area (Å²) >= 11 is 0. The largest absolute Gasteiger partial charge is 0.309 e. The average molecular weight is 1210 g/mol. The van der Waals surface area contributed by atoms with E-state index in [1.807, 2.05) is 0 Å². The fourth-order valence-electron chi connectivity index (χ4n) is 15.5. The SMILES string of the molecule is Fc1ccc2c3c(ccc(F)c13)-c1c(-c3cccc(-n4c5ccccc5c5cc(-c6ccc7c(c6)c6ccccc6n7-c6ccccc6)ccc54)c3)nc(-c3ccc(-n4c5ccccc5c5cc(-c6ccc7c(c6)c6ccccc6n7-c6ccccc6)ccc54)cc3)nc1-2. The maximum atomic E-state index is 15.9. The predicted molar refractivity (Wildman–Crippen MR) is 383 cm³/mol. The zero-order chi connectivity index (χ0) is 61.9. The van der Waals surface area contributed by atoms with Gasteiger partial charge in [-0.05, 0) is 179 Å². The quantitative estimate of drug-likeness (QED) is 0.152. The molecule has 0 saturated carbocycles. The van der Waals surface area contributed by atoms with Crippen molar-refractivity contribution >= 4 is 98.0 Å². The van der Waals surface area contributed by atoms with Crippen LogP contribution in [0.5, 0.6) is 0 Å². The van der Waals surface area contributed by atoms with Gasteiger partial charge >= 0.3 is 0 Å². The van der Waals surface area contributed by atoms with Crippen molar-refractivity contribution in [2.24, 2.45) is 0 Å². The van der Waals surface area contributed by atoms with Crippen molar-refractivity contribution in [1.82, 2.24) is 28.2 Å². The number of halogens is 2. The second-order valence-corrected chi connectivity index (χ2v) is 24.7. The molecule has 1 aliphatic carbocycles. The van der Waals surface area contributed by atoms with Crippen LogP contribution in [-0.2, 0) is 0 Å². The molecular weight excluding hydrogens is 1150 g/mol. The molecule has 94 heavy (non-hydrogen) atoms. The molecule has 5 heterocycles. The number of hydrogen-bond donors (Lipinski definition) is 0. The number of para-hydroxylation sites is 6. The Morgan fingerprint density at radius 2 is 0.574 bits per heavy atom. The molecule has 0 atom stereocenters. The third-order valence-corrected chi connectivity index (χ3v) is 19.6. The van der Waals surface area contributed by atoms with Gasteiger partial charge < -0.3 is 18.3 Å². The monoisotopic (exact) mass is 1200 g/mol. The van der Waals surface area contributed by atoms with Crippen LogP contribution in [0.25, 0.3) is 188 Å². The molecule has 1 aliphatic rings. The zero-order valence-corrected chi connectivity index (χ0v) is 50.3. The highest BCUT2D eigenvalue weighted by Gasteiger charge is 2.31. The minimum Gasteiger partial charge on any atom is -0.309 e. The van der Waals surface area contributed by atoms with Crippen LogP contribution in [0.15, 0.2) is 303 Å². The molecule has 0 fully saturated rings. The average Bonchev–Trinajstić information content (AvgIpc) is 1.57. The Morgan fingerprint density at radius 1 is 0.223 bits per heavy atom. The molecule has 0 spiro atoms. The van der Waals surface area contributed by atoms with Crippen LogP contribution in [0, 0.1) is 11.6 Å². The van der Waals surface area contributed by atoms with Crippen molar-refractivity contribution in [3.63, 3.8) is 0 Å². The summed E-state index contributed by atoms with van der Waals surface area (Å²) in [6.07, 6.45) is 0. The molecule has 20 rings (SSSR count). The van der Waals surface area contributed by atoms with E-state index in [0.717, 1.165) is 111 Å². The number of benzene rings is 14. The summed E-state index contributed by atoms with van der Waals surface area (Å²) in [5.41, 5.74) is 22.8. The number of hydrogen-bond acceptors (Lipinski definition) is 2. The third kappa shape index (κ3) is 7.62. The van der Waals surface area contributed by atoms with E-state index >= 15 is 8.78 Å². The van der Waals surface area contributed by atoms with Crippen molar-refractivity contribution in [2.45, 2.75) is 0 Å². The molecule has 6 nitrogen and oxygen atoms in total. The van der Waals surface area contributed by atoms with E-state index in [1.54, 1.807) is 12.1 Å². The summed E-state index contributed by atoms with van der Waals surface area (Å²) in [6, 6.07) is 106. The molecule has 8 heteroatoms. The Kier molecular flexibility index (Phi) is 11.1. The van der Waals surface area contributed by atoms with Crippen molar-refractivity contribution < 1.29 is 8.78 Å². The molecule has 0 N–H and O–H groups in total. The van der Waals surface area contributed by atoms with Crippen LogP contribution in [0.4, 0.5) is 8.78 Å². The van der Waals surface area contributed by atoms with Gasteiger partial charge in [0.1, 0.15) is 11.6 Å². The maximum Gasteiger partial charge on any atom is 0.160 e. The van der Waals surface area contributed by atoms with Crippen LogP contribution < -0.4 is 0 Å². The standard InChI is InChI=1S/C86H50F2N6/c87-71-40-38-65-81-66(39-41-72(88)83(71)81)85-82(65)84(56-16-15-21-60(46-56)94-76-29-14-10-25-64(76)70-50-55(35-45-80(70)94)53-33-43-78-68(48-53)62-23-8-12-27-74(62)92(78)58-19-5-2-6-20-58)89-86(90-85)51-30-36-59(37-31-51)93-75-28-13-9-24-63(75)69-49-54(34-44-79(69)93)52-32-42-77-67(47-52)61-22-7-11-26-73(61)91(77)57-17-3-1-4-18-57/h1-50H. The Bertz CT molecular complexity index is 6420. The van der Waals surface area contributed by atoms with Gasteiger partial charge in [0.2, 0.25) is 0 Å². The molecule has 0 unspecified atom stereocenters. The molecule has 0 radical (unpaired) electrons. The van der Waals surface area contributed by atoms with Crippen molar-refractivity contribution in [3.05, 3.63) is 315 Å². The summed E-state index contributed by atoms with van der Waals surface area (Å²) in [5, 5.41) is 9.87. The van der Waals surface area contributed by atoms with E-state index in [4.69, 9.17) is 9.97 Å². The van der Waals surface area contributed by atoms with Crippen molar-refractivity contribution in [2.75, 3.05) is 0 Å². The van der Waals surface area contributed by atoms with Gasteiger partial charge in [-0.25, -0.2) is 18.7 Å². The molecule has 5 aromatic heterocycles. The van der Waals surface area contributed by atoms with Crippen molar-refractivity contribution in [3.8, 4) is 90.0 Å². The van der Waals surface area contributed by atoms with E-state index in [-0.39, 0.29) is 5.39 Å². The fraction of sp³-hybridized carbons (Fsp3) is 0. The van der Waals surface area contributed by atoms with E-state index in [9.17, 15) is 0 Å². The van der Waals surface area contributed by atoms with Gasteiger partial charge in [-0.2, -0.15) is 0 Å². The van der Waals surface area contributed by atoms with Gasteiger partial charge in [-0.3, -0.25) is 0 Å². The minimum atomic E-state index is -0.616. The molecule has 0 saturated heterocycles. The summed E-state index contributed by atoms with van der Waals surface area (Å²) < 4.78 is 41.2. The van der Waals surface area contributed by atoms with Crippen LogP contribution in [0.1, 0.15) is 0 Å². The molecule has 0 aliphatic heterocycles. The highest BCUT2D eigenvalue weighted by molar-refractivity contribution is 6.19. The second-order valence-electron chi connectivity index (χ2n) is 24.7. The summed E-state index contributed by atoms with van der Waals surface area (Å²) in [4.78, 5) is 10.9. The predicted octanol–water partition coefficient (Wildman–Crippen LogP) is 22.6. The number of rotatable bonds is 8. The molecule has 0 amide bonds. The topological polar surface area (TPSA) is 45.5 Å². The van der Waals surface area contributed by atoms with E-state index < -0.39 is 11.6 Å². The van der Waals surface area contributed by atoms with E-state index in [1.165, 1.54) is 50.2 Å². The highest BCUT2D eigenvalue weighted by Crippen LogP contribution is 2.52. The summed E-state index contributed by atoms with van der Waals surface area (Å²) in [6.45, 7) is 0. The first-order valence-corrected chi connectivity index (χ1v) is 31.8. The maximum absolute atomic E-state index is 15.9. The Labute approximate surface area is 537 Å². The molecular formula is C86H50F2N6. The van der Waals surface area contributed by atoms with Crippen LogP contribution in [0.2, 0.25) is 0 Å². The lowest BCUT2D eigenvalue weighted by Crippen LogP contribution is -2.00. The molecule has 438 valence electrons. The van der Waals surface area contributed by atoms with Crippen LogP contribution in [-0.4, -0.2) is 28.2 Å². The lowest BCUT2D eigenvalue weighted by atomic mass is 9.98. The highest BCUT2D eigenvalue weighted by atomic mass is 19.1. The fourth-order valence-corrected chi connectivity index (χ4v) is 15.5. The van der Waals surface area contributed by atoms with Gasteiger partial charge in [0.05, 0.1) is 60.9 Å². The first-order chi connectivity index (χ1) is 46.5. The van der Waals surface area contributed by atoms with Crippen LogP contribution >= 0.6 is 0 Å². The van der Waals surface area contributed by atoms with Crippen molar-refractivity contribution in [1.29, 1.82) is 0 Å². The lowest BCUT2D eigenvalue weighted by molar-refractivity contribution is 0.608. The van der Waals surface area contributed by atoms with E-state index in [0.29, 0.717) is 33.7 Å². The Hall–Kier alpha value is -12.5. The molecule has 14 aromatic carbocycles. The Morgan fingerprint density at radius 3 is 1.02 bits per heavy atom. The van der Waals surface area contributed by atoms with Gasteiger partial charge in [-0.15, -0.1) is 0 Å². The summed E-state index contributed by atoms with van der Waals surface area (Å²) in [7, 11) is 0. The molecule has 0 bridgehead atoms. The first kappa shape index (κ1) is 52.3. The lowest BCUT2D eigenvalue weighted by Gasteiger charge is -2.15. The smallest absolute Gasteiger partial charge is 0.160 e. The molecule has 19 aromatic rings. The third-order valence-electron chi connectivity index (χ3n) is 19.6. The van der Waals surface area contributed by atoms with Gasteiger partial charge in [0.25, 0.3) is 0 Å². The van der Waals surface area contributed by atoms with Gasteiger partial charge in [0.15, 0.2) is 5.82 Å². The van der Waals surface area contributed by atoms with Crippen LogP contribution in [0.3, 0.4) is 0 Å². The van der Waals surface area contributed by atoms with E-state index in [2.05, 4.69) is 297 Å². The zero-order valence-electron chi connectivity index (χ0n) is 50.3. The Balaban J connectivity index is 0.697. The first-order valence-electron chi connectivity index (χ1n) is 31.8. The summed E-state index contributed by atoms with van der Waals surface area (Å²) in [5.74, 6) is -0.732. The second kappa shape index (κ2) is 20.0. The number of aromatic nitrogens is 6. The van der Waals surface area contributed by atoms with Gasteiger partial charge in [-0.1, -0.05) is 152 Å². The normalized spacial score (nSPS) is 12.1. The minimum absolute atomic E-state index is 0.0476.